The molecule has 0 aliphatic carbocycles. The molecule has 1 aromatic heterocycles. The lowest BCUT2D eigenvalue weighted by molar-refractivity contribution is 0.0694. The molecule has 0 radical (unpaired) electrons. The first-order valence-electron chi connectivity index (χ1n) is 9.96. The average molecular weight is 426 g/mol. The fraction of sp³-hybridized carbons (Fsp3) is 0.304. The minimum atomic E-state index is 0.0154. The molecule has 7 heteroatoms. The molecule has 3 aromatic rings. The van der Waals surface area contributed by atoms with E-state index >= 15 is 0 Å². The Kier molecular flexibility index (Phi) is 6.23. The Hall–Kier alpha value is -2.99. The normalized spacial score (nSPS) is 14.5. The standard InChI is InChI=1S/C23H24ClN3O3/c1-29-22-14-18(4-7-21(22)30-15-17-2-5-19(24)6-3-17)23(28)26-11-8-20(9-12-26)27-13-10-25-16-27/h2-7,10,13-14,16,20H,8-9,11-12,15H2,1H3. The molecule has 0 unspecified atom stereocenters. The van der Waals surface area contributed by atoms with Gasteiger partial charge in [-0.1, -0.05) is 23.7 Å². The number of carbonyl (C=O) groups excluding carboxylic acids is 1. The van der Waals surface area contributed by atoms with E-state index in [1.807, 2.05) is 41.7 Å². The molecular formula is C23H24ClN3O3. The van der Waals surface area contributed by atoms with Crippen LogP contribution in [0.4, 0.5) is 0 Å². The molecule has 6 nitrogen and oxygen atoms in total. The number of hydrogen-bond acceptors (Lipinski definition) is 4. The first-order valence-corrected chi connectivity index (χ1v) is 10.3. The number of aromatic nitrogens is 2. The van der Waals surface area contributed by atoms with Crippen molar-refractivity contribution in [3.05, 3.63) is 77.3 Å². The summed E-state index contributed by atoms with van der Waals surface area (Å²) in [4.78, 5) is 19.0. The number of ether oxygens (including phenoxy) is 2. The second-order valence-electron chi connectivity index (χ2n) is 7.31. The first-order chi connectivity index (χ1) is 14.6. The maximum Gasteiger partial charge on any atom is 0.253 e. The third-order valence-electron chi connectivity index (χ3n) is 5.42. The van der Waals surface area contributed by atoms with Crippen molar-refractivity contribution in [3.8, 4) is 11.5 Å². The van der Waals surface area contributed by atoms with Crippen LogP contribution >= 0.6 is 11.6 Å². The number of carbonyl (C=O) groups is 1. The molecule has 2 aromatic carbocycles. The lowest BCUT2D eigenvalue weighted by Crippen LogP contribution is -2.38. The Balaban J connectivity index is 1.39. The Morgan fingerprint density at radius 2 is 1.90 bits per heavy atom. The molecule has 1 amide bonds. The molecule has 1 aliphatic rings. The zero-order valence-electron chi connectivity index (χ0n) is 16.8. The van der Waals surface area contributed by atoms with Crippen LogP contribution in [0.3, 0.4) is 0 Å². The van der Waals surface area contributed by atoms with E-state index in [1.165, 1.54) is 0 Å². The molecule has 0 saturated carbocycles. The summed E-state index contributed by atoms with van der Waals surface area (Å²) < 4.78 is 13.5. The molecule has 4 rings (SSSR count). The van der Waals surface area contributed by atoms with Crippen molar-refractivity contribution in [1.29, 1.82) is 0 Å². The van der Waals surface area contributed by atoms with Crippen molar-refractivity contribution in [3.63, 3.8) is 0 Å². The van der Waals surface area contributed by atoms with Crippen LogP contribution in [-0.2, 0) is 6.61 Å². The molecule has 1 aliphatic heterocycles. The van der Waals surface area contributed by atoms with Crippen molar-refractivity contribution in [2.75, 3.05) is 20.2 Å². The molecule has 156 valence electrons. The number of likely N-dealkylation sites (tertiary alicyclic amines) is 1. The molecule has 0 N–H and O–H groups in total. The third-order valence-corrected chi connectivity index (χ3v) is 5.67. The Morgan fingerprint density at radius 1 is 1.13 bits per heavy atom. The topological polar surface area (TPSA) is 56.6 Å². The molecule has 0 bridgehead atoms. The number of imidazole rings is 1. The van der Waals surface area contributed by atoms with E-state index in [2.05, 4.69) is 9.55 Å². The molecule has 30 heavy (non-hydrogen) atoms. The lowest BCUT2D eigenvalue weighted by Gasteiger charge is -2.32. The summed E-state index contributed by atoms with van der Waals surface area (Å²) in [5.41, 5.74) is 1.61. The Labute approximate surface area is 181 Å². The molecule has 0 spiro atoms. The highest BCUT2D eigenvalue weighted by atomic mass is 35.5. The summed E-state index contributed by atoms with van der Waals surface area (Å²) in [5.74, 6) is 1.16. The SMILES string of the molecule is COc1cc(C(=O)N2CCC(n3ccnc3)CC2)ccc1OCc1ccc(Cl)cc1. The van der Waals surface area contributed by atoms with Crippen molar-refractivity contribution in [1.82, 2.24) is 14.5 Å². The van der Waals surface area contributed by atoms with Gasteiger partial charge < -0.3 is 18.9 Å². The maximum atomic E-state index is 13.0. The van der Waals surface area contributed by atoms with Gasteiger partial charge in [-0.25, -0.2) is 4.98 Å². The predicted molar refractivity (Wildman–Crippen MR) is 115 cm³/mol. The van der Waals surface area contributed by atoms with Gasteiger partial charge in [0.25, 0.3) is 5.91 Å². The van der Waals surface area contributed by atoms with Gasteiger partial charge in [0.1, 0.15) is 6.61 Å². The van der Waals surface area contributed by atoms with Crippen LogP contribution in [0.25, 0.3) is 0 Å². The third kappa shape index (κ3) is 4.60. The van der Waals surface area contributed by atoms with E-state index in [-0.39, 0.29) is 5.91 Å². The Bertz CT molecular complexity index is 981. The van der Waals surface area contributed by atoms with Crippen LogP contribution in [0.15, 0.2) is 61.2 Å². The Morgan fingerprint density at radius 3 is 2.57 bits per heavy atom. The molecule has 0 atom stereocenters. The van der Waals surface area contributed by atoms with Crippen molar-refractivity contribution >= 4 is 17.5 Å². The van der Waals surface area contributed by atoms with Gasteiger partial charge in [0, 0.05) is 42.1 Å². The number of nitrogens with zero attached hydrogens (tertiary/aromatic N) is 3. The molecule has 2 heterocycles. The van der Waals surface area contributed by atoms with E-state index in [9.17, 15) is 4.79 Å². The summed E-state index contributed by atoms with van der Waals surface area (Å²) in [6.45, 7) is 1.83. The summed E-state index contributed by atoms with van der Waals surface area (Å²) in [5, 5.41) is 0.688. The van der Waals surface area contributed by atoms with Gasteiger partial charge in [-0.05, 0) is 48.7 Å². The lowest BCUT2D eigenvalue weighted by atomic mass is 10.0. The predicted octanol–water partition coefficient (Wildman–Crippen LogP) is 4.60. The zero-order chi connectivity index (χ0) is 20.9. The van der Waals surface area contributed by atoms with E-state index < -0.39 is 0 Å². The van der Waals surface area contributed by atoms with Crippen molar-refractivity contribution in [2.45, 2.75) is 25.5 Å². The van der Waals surface area contributed by atoms with Gasteiger partial charge in [-0.3, -0.25) is 4.79 Å². The molecule has 1 saturated heterocycles. The maximum absolute atomic E-state index is 13.0. The number of benzene rings is 2. The summed E-state index contributed by atoms with van der Waals surface area (Å²) in [6, 6.07) is 13.2. The average Bonchev–Trinajstić information content (AvgIpc) is 3.33. The molecule has 1 fully saturated rings. The summed E-state index contributed by atoms with van der Waals surface area (Å²) in [7, 11) is 1.58. The highest BCUT2D eigenvalue weighted by Gasteiger charge is 2.25. The monoisotopic (exact) mass is 425 g/mol. The number of piperidine rings is 1. The number of amides is 1. The minimum Gasteiger partial charge on any atom is -0.493 e. The summed E-state index contributed by atoms with van der Waals surface area (Å²) >= 11 is 5.92. The number of methoxy groups -OCH3 is 1. The van der Waals surface area contributed by atoms with Crippen LogP contribution in [0.1, 0.15) is 34.8 Å². The van der Waals surface area contributed by atoms with E-state index in [0.29, 0.717) is 34.7 Å². The van der Waals surface area contributed by atoms with Crippen LogP contribution in [0.2, 0.25) is 5.02 Å². The van der Waals surface area contributed by atoms with Crippen LogP contribution in [0.5, 0.6) is 11.5 Å². The fourth-order valence-corrected chi connectivity index (χ4v) is 3.82. The van der Waals surface area contributed by atoms with Crippen LogP contribution in [-0.4, -0.2) is 40.6 Å². The number of halogens is 1. The highest BCUT2D eigenvalue weighted by molar-refractivity contribution is 6.30. The second-order valence-corrected chi connectivity index (χ2v) is 7.75. The van der Waals surface area contributed by atoms with Crippen LogP contribution < -0.4 is 9.47 Å². The highest BCUT2D eigenvalue weighted by Crippen LogP contribution is 2.30. The zero-order valence-corrected chi connectivity index (χ0v) is 17.6. The van der Waals surface area contributed by atoms with E-state index in [4.69, 9.17) is 21.1 Å². The van der Waals surface area contributed by atoms with Gasteiger partial charge in [0.05, 0.1) is 13.4 Å². The van der Waals surface area contributed by atoms with Gasteiger partial charge in [0.15, 0.2) is 11.5 Å². The minimum absolute atomic E-state index is 0.0154. The smallest absolute Gasteiger partial charge is 0.253 e. The van der Waals surface area contributed by atoms with E-state index in [1.54, 1.807) is 31.5 Å². The van der Waals surface area contributed by atoms with Crippen molar-refractivity contribution < 1.29 is 14.3 Å². The summed E-state index contributed by atoms with van der Waals surface area (Å²) in [6.07, 6.45) is 7.45. The van der Waals surface area contributed by atoms with E-state index in [0.717, 1.165) is 31.5 Å². The molecular weight excluding hydrogens is 402 g/mol. The van der Waals surface area contributed by atoms with Gasteiger partial charge in [-0.15, -0.1) is 0 Å². The number of hydrogen-bond donors (Lipinski definition) is 0. The largest absolute Gasteiger partial charge is 0.493 e. The first kappa shape index (κ1) is 20.3. The quantitative estimate of drug-likeness (QED) is 0.579. The second kappa shape index (κ2) is 9.22. The van der Waals surface area contributed by atoms with Gasteiger partial charge >= 0.3 is 0 Å². The fourth-order valence-electron chi connectivity index (χ4n) is 3.70. The van der Waals surface area contributed by atoms with Crippen LogP contribution in [0, 0.1) is 0 Å². The van der Waals surface area contributed by atoms with Gasteiger partial charge in [-0.2, -0.15) is 0 Å². The van der Waals surface area contributed by atoms with Crippen molar-refractivity contribution in [2.24, 2.45) is 0 Å². The van der Waals surface area contributed by atoms with Gasteiger partial charge in [0.2, 0.25) is 0 Å². The number of rotatable bonds is 6.